The molecule has 0 aromatic heterocycles. The van der Waals surface area contributed by atoms with Gasteiger partial charge >= 0.3 is 0 Å². The van der Waals surface area contributed by atoms with Crippen LogP contribution in [0.1, 0.15) is 6.92 Å². The summed E-state index contributed by atoms with van der Waals surface area (Å²) in [6.07, 6.45) is 0. The SMILES string of the molecule is CC(=O)N(C)CCS(=O)(=O)ON. The number of hydrogen-bond acceptors (Lipinski definition) is 5. The number of nitrogens with zero attached hydrogens (tertiary/aromatic N) is 1. The van der Waals surface area contributed by atoms with E-state index in [9.17, 15) is 13.2 Å². The van der Waals surface area contributed by atoms with E-state index in [0.29, 0.717) is 0 Å². The van der Waals surface area contributed by atoms with Crippen LogP contribution in [0.25, 0.3) is 0 Å². The van der Waals surface area contributed by atoms with E-state index in [2.05, 4.69) is 10.2 Å². The number of rotatable bonds is 4. The van der Waals surface area contributed by atoms with Gasteiger partial charge in [-0.2, -0.15) is 18.6 Å². The maximum Gasteiger partial charge on any atom is 0.284 e. The van der Waals surface area contributed by atoms with Crippen molar-refractivity contribution in [1.29, 1.82) is 0 Å². The van der Waals surface area contributed by atoms with Gasteiger partial charge in [-0.3, -0.25) is 4.79 Å². The highest BCUT2D eigenvalue weighted by Crippen LogP contribution is 1.90. The lowest BCUT2D eigenvalue weighted by Gasteiger charge is -2.13. The summed E-state index contributed by atoms with van der Waals surface area (Å²) in [6.45, 7) is 1.42. The topological polar surface area (TPSA) is 89.7 Å². The molecule has 0 aliphatic rings. The van der Waals surface area contributed by atoms with E-state index in [0.717, 1.165) is 0 Å². The summed E-state index contributed by atoms with van der Waals surface area (Å²) in [7, 11) is -2.17. The van der Waals surface area contributed by atoms with Gasteiger partial charge in [0, 0.05) is 20.5 Å². The molecule has 0 rings (SSSR count). The molecule has 0 aliphatic heterocycles. The third-order valence-electron chi connectivity index (χ3n) is 1.36. The highest BCUT2D eigenvalue weighted by atomic mass is 32.2. The average molecular weight is 196 g/mol. The van der Waals surface area contributed by atoms with Crippen LogP contribution in [-0.4, -0.2) is 38.6 Å². The zero-order chi connectivity index (χ0) is 9.78. The molecule has 1 amide bonds. The molecule has 72 valence electrons. The summed E-state index contributed by atoms with van der Waals surface area (Å²) >= 11 is 0. The van der Waals surface area contributed by atoms with Gasteiger partial charge < -0.3 is 4.90 Å². The van der Waals surface area contributed by atoms with Crippen LogP contribution in [0.5, 0.6) is 0 Å². The Morgan fingerprint density at radius 2 is 2.08 bits per heavy atom. The molecule has 0 bridgehead atoms. The van der Waals surface area contributed by atoms with Crippen LogP contribution in [0.4, 0.5) is 0 Å². The summed E-state index contributed by atoms with van der Waals surface area (Å²) in [5, 5.41) is 0. The third kappa shape index (κ3) is 4.27. The molecule has 0 heterocycles. The van der Waals surface area contributed by atoms with Crippen molar-refractivity contribution in [3.05, 3.63) is 0 Å². The van der Waals surface area contributed by atoms with Gasteiger partial charge in [-0.1, -0.05) is 0 Å². The quantitative estimate of drug-likeness (QED) is 0.563. The van der Waals surface area contributed by atoms with Crippen LogP contribution < -0.4 is 5.90 Å². The Morgan fingerprint density at radius 3 is 2.42 bits per heavy atom. The number of nitrogens with two attached hydrogens (primary N) is 1. The molecule has 6 nitrogen and oxygen atoms in total. The van der Waals surface area contributed by atoms with Crippen LogP contribution in [0.2, 0.25) is 0 Å². The normalized spacial score (nSPS) is 11.2. The number of amides is 1. The van der Waals surface area contributed by atoms with Gasteiger partial charge in [0.2, 0.25) is 5.91 Å². The van der Waals surface area contributed by atoms with Crippen molar-refractivity contribution in [2.24, 2.45) is 5.90 Å². The minimum Gasteiger partial charge on any atom is -0.345 e. The number of carbonyl (C=O) groups excluding carboxylic acids is 1. The predicted octanol–water partition coefficient (Wildman–Crippen LogP) is -1.32. The maximum absolute atomic E-state index is 10.6. The molecule has 7 heteroatoms. The van der Waals surface area contributed by atoms with E-state index in [1.165, 1.54) is 18.9 Å². The van der Waals surface area contributed by atoms with E-state index in [1.54, 1.807) is 0 Å². The fraction of sp³-hybridized carbons (Fsp3) is 0.800. The smallest absolute Gasteiger partial charge is 0.284 e. The largest absolute Gasteiger partial charge is 0.345 e. The lowest BCUT2D eigenvalue weighted by molar-refractivity contribution is -0.127. The molecule has 0 aromatic carbocycles. The first-order valence-corrected chi connectivity index (χ1v) is 4.79. The van der Waals surface area contributed by atoms with Crippen LogP contribution in [-0.2, 0) is 19.2 Å². The molecule has 0 radical (unpaired) electrons. The van der Waals surface area contributed by atoms with Crippen LogP contribution in [0, 0.1) is 0 Å². The Kier molecular flexibility index (Phi) is 4.15. The van der Waals surface area contributed by atoms with Crippen molar-refractivity contribution >= 4 is 16.0 Å². The van der Waals surface area contributed by atoms with Crippen molar-refractivity contribution < 1.29 is 17.5 Å². The second-order valence-electron chi connectivity index (χ2n) is 2.30. The Bertz CT molecular complexity index is 248. The van der Waals surface area contributed by atoms with E-state index >= 15 is 0 Å². The molecular weight excluding hydrogens is 184 g/mol. The van der Waals surface area contributed by atoms with Gasteiger partial charge in [0.15, 0.2) is 0 Å². The maximum atomic E-state index is 10.6. The van der Waals surface area contributed by atoms with Gasteiger partial charge in [0.05, 0.1) is 5.75 Å². The van der Waals surface area contributed by atoms with Crippen molar-refractivity contribution in [3.8, 4) is 0 Å². The first-order valence-electron chi connectivity index (χ1n) is 3.22. The fourth-order valence-corrected chi connectivity index (χ4v) is 1.05. The molecule has 0 unspecified atom stereocenters. The van der Waals surface area contributed by atoms with E-state index < -0.39 is 10.1 Å². The van der Waals surface area contributed by atoms with Gasteiger partial charge in [0.25, 0.3) is 10.1 Å². The average Bonchev–Trinajstić information content (AvgIpc) is 2.00. The van der Waals surface area contributed by atoms with Gasteiger partial charge in [-0.15, -0.1) is 0 Å². The Morgan fingerprint density at radius 1 is 1.58 bits per heavy atom. The molecule has 0 atom stereocenters. The molecule has 2 N–H and O–H groups in total. The summed E-state index contributed by atoms with van der Waals surface area (Å²) in [4.78, 5) is 11.9. The van der Waals surface area contributed by atoms with Crippen LogP contribution in [0.15, 0.2) is 0 Å². The standard InChI is InChI=1S/C5H12N2O4S/c1-5(8)7(2)3-4-12(9,10)11-6/h3-4,6H2,1-2H3. The van der Waals surface area contributed by atoms with E-state index in [-0.39, 0.29) is 18.2 Å². The first-order chi connectivity index (χ1) is 5.39. The van der Waals surface area contributed by atoms with Gasteiger partial charge in [-0.25, -0.2) is 0 Å². The van der Waals surface area contributed by atoms with E-state index in [4.69, 9.17) is 0 Å². The molecule has 0 aliphatic carbocycles. The van der Waals surface area contributed by atoms with Crippen molar-refractivity contribution in [1.82, 2.24) is 4.90 Å². The first kappa shape index (κ1) is 11.3. The molecule has 0 saturated carbocycles. The molecule has 0 saturated heterocycles. The lowest BCUT2D eigenvalue weighted by Crippen LogP contribution is -2.30. The second kappa shape index (κ2) is 4.39. The Balaban J connectivity index is 3.92. The minimum absolute atomic E-state index is 0.0782. The Labute approximate surface area is 71.4 Å². The van der Waals surface area contributed by atoms with Crippen molar-refractivity contribution in [2.75, 3.05) is 19.3 Å². The van der Waals surface area contributed by atoms with Gasteiger partial charge in [-0.05, 0) is 0 Å². The highest BCUT2D eigenvalue weighted by molar-refractivity contribution is 7.86. The summed E-state index contributed by atoms with van der Waals surface area (Å²) < 4.78 is 25.0. The summed E-state index contributed by atoms with van der Waals surface area (Å²) in [6, 6.07) is 0. The molecule has 0 aromatic rings. The summed E-state index contributed by atoms with van der Waals surface area (Å²) in [5.74, 6) is 3.98. The highest BCUT2D eigenvalue weighted by Gasteiger charge is 2.11. The molecule has 0 spiro atoms. The zero-order valence-corrected chi connectivity index (χ0v) is 7.80. The minimum atomic E-state index is -3.66. The van der Waals surface area contributed by atoms with E-state index in [1.807, 2.05) is 0 Å². The molecular formula is C5H12N2O4S. The third-order valence-corrected chi connectivity index (χ3v) is 2.34. The molecule has 12 heavy (non-hydrogen) atoms. The molecule has 0 fully saturated rings. The summed E-state index contributed by atoms with van der Waals surface area (Å²) in [5.41, 5.74) is 0. The van der Waals surface area contributed by atoms with Crippen molar-refractivity contribution in [3.63, 3.8) is 0 Å². The lowest BCUT2D eigenvalue weighted by atomic mass is 10.5. The zero-order valence-electron chi connectivity index (χ0n) is 6.98. The fourth-order valence-electron chi connectivity index (χ4n) is 0.454. The number of hydrogen-bond donors (Lipinski definition) is 1. The predicted molar refractivity (Wildman–Crippen MR) is 42.4 cm³/mol. The van der Waals surface area contributed by atoms with Crippen LogP contribution >= 0.6 is 0 Å². The van der Waals surface area contributed by atoms with Crippen LogP contribution in [0.3, 0.4) is 0 Å². The Hall–Kier alpha value is -0.660. The second-order valence-corrected chi connectivity index (χ2v) is 4.01. The van der Waals surface area contributed by atoms with Gasteiger partial charge in [0.1, 0.15) is 0 Å². The monoisotopic (exact) mass is 196 g/mol. The van der Waals surface area contributed by atoms with Crippen molar-refractivity contribution in [2.45, 2.75) is 6.92 Å². The number of carbonyl (C=O) groups is 1.